The number of methoxy groups -OCH3 is 1. The first kappa shape index (κ1) is 15.8. The van der Waals surface area contributed by atoms with E-state index in [1.165, 1.54) is 37.6 Å². The summed E-state index contributed by atoms with van der Waals surface area (Å²) >= 11 is 0. The molecule has 118 valence electrons. The summed E-state index contributed by atoms with van der Waals surface area (Å²) < 4.78 is 43.9. The molecule has 2 rings (SSSR count). The number of alkyl halides is 2. The minimum Gasteiger partial charge on any atom is -0.493 e. The second-order valence-corrected chi connectivity index (χ2v) is 4.33. The SMILES string of the molecule is COc1cc(COC(=O)c2ccoc2C)ccc1OC(F)F. The summed E-state index contributed by atoms with van der Waals surface area (Å²) in [6.45, 7) is -1.33. The fraction of sp³-hybridized carbons (Fsp3) is 0.267. The Morgan fingerprint density at radius 3 is 2.64 bits per heavy atom. The second-order valence-electron chi connectivity index (χ2n) is 4.33. The number of carbonyl (C=O) groups is 1. The Kier molecular flexibility index (Phi) is 4.98. The predicted molar refractivity (Wildman–Crippen MR) is 72.2 cm³/mol. The number of esters is 1. The van der Waals surface area contributed by atoms with Crippen LogP contribution in [0.25, 0.3) is 0 Å². The third-order valence-corrected chi connectivity index (χ3v) is 2.89. The molecule has 0 saturated heterocycles. The third kappa shape index (κ3) is 3.75. The first-order valence-corrected chi connectivity index (χ1v) is 6.34. The highest BCUT2D eigenvalue weighted by Gasteiger charge is 2.14. The summed E-state index contributed by atoms with van der Waals surface area (Å²) in [7, 11) is 1.33. The topological polar surface area (TPSA) is 57.9 Å². The lowest BCUT2D eigenvalue weighted by molar-refractivity contribution is -0.0512. The smallest absolute Gasteiger partial charge is 0.387 e. The van der Waals surface area contributed by atoms with Gasteiger partial charge in [-0.15, -0.1) is 0 Å². The van der Waals surface area contributed by atoms with Gasteiger partial charge >= 0.3 is 12.6 Å². The van der Waals surface area contributed by atoms with Crippen LogP contribution >= 0.6 is 0 Å². The molecule has 0 radical (unpaired) electrons. The maximum Gasteiger partial charge on any atom is 0.387 e. The minimum atomic E-state index is -2.94. The molecule has 1 heterocycles. The van der Waals surface area contributed by atoms with Gasteiger partial charge in [0, 0.05) is 0 Å². The summed E-state index contributed by atoms with van der Waals surface area (Å²) in [5, 5.41) is 0. The zero-order valence-corrected chi connectivity index (χ0v) is 12.0. The summed E-state index contributed by atoms with van der Waals surface area (Å²) in [6.07, 6.45) is 1.39. The van der Waals surface area contributed by atoms with E-state index >= 15 is 0 Å². The molecule has 0 aliphatic rings. The minimum absolute atomic E-state index is 0.0330. The van der Waals surface area contributed by atoms with E-state index in [9.17, 15) is 13.6 Å². The molecule has 0 aliphatic carbocycles. The monoisotopic (exact) mass is 312 g/mol. The number of ether oxygens (including phenoxy) is 3. The number of hydrogen-bond acceptors (Lipinski definition) is 5. The average Bonchev–Trinajstić information content (AvgIpc) is 2.91. The van der Waals surface area contributed by atoms with Crippen LogP contribution in [0.2, 0.25) is 0 Å². The van der Waals surface area contributed by atoms with Gasteiger partial charge < -0.3 is 18.6 Å². The first-order valence-electron chi connectivity index (χ1n) is 6.34. The van der Waals surface area contributed by atoms with Gasteiger partial charge in [-0.3, -0.25) is 0 Å². The quantitative estimate of drug-likeness (QED) is 0.763. The Hall–Kier alpha value is -2.57. The predicted octanol–water partition coefficient (Wildman–Crippen LogP) is 3.56. The van der Waals surface area contributed by atoms with Crippen LogP contribution in [-0.4, -0.2) is 19.7 Å². The number of carbonyl (C=O) groups excluding carboxylic acids is 1. The molecule has 5 nitrogen and oxygen atoms in total. The first-order chi connectivity index (χ1) is 10.5. The van der Waals surface area contributed by atoms with E-state index in [1.807, 2.05) is 0 Å². The van der Waals surface area contributed by atoms with Gasteiger partial charge in [0.15, 0.2) is 11.5 Å². The summed E-state index contributed by atoms with van der Waals surface area (Å²) in [6, 6.07) is 5.82. The molecule has 0 amide bonds. The van der Waals surface area contributed by atoms with E-state index in [-0.39, 0.29) is 18.1 Å². The highest BCUT2D eigenvalue weighted by molar-refractivity contribution is 5.90. The largest absolute Gasteiger partial charge is 0.493 e. The summed E-state index contributed by atoms with van der Waals surface area (Å²) in [5.41, 5.74) is 0.914. The molecule has 1 aromatic heterocycles. The molecule has 1 aromatic carbocycles. The molecule has 0 atom stereocenters. The van der Waals surface area contributed by atoms with Crippen molar-refractivity contribution >= 4 is 5.97 Å². The van der Waals surface area contributed by atoms with Crippen molar-refractivity contribution in [3.05, 3.63) is 47.4 Å². The van der Waals surface area contributed by atoms with E-state index in [0.29, 0.717) is 16.9 Å². The molecule has 0 fully saturated rings. The lowest BCUT2D eigenvalue weighted by Gasteiger charge is -2.11. The molecule has 0 saturated carbocycles. The van der Waals surface area contributed by atoms with E-state index in [4.69, 9.17) is 13.9 Å². The highest BCUT2D eigenvalue weighted by atomic mass is 19.3. The van der Waals surface area contributed by atoms with E-state index in [1.54, 1.807) is 6.92 Å². The van der Waals surface area contributed by atoms with Crippen LogP contribution in [0.3, 0.4) is 0 Å². The second kappa shape index (κ2) is 6.93. The van der Waals surface area contributed by atoms with Crippen molar-refractivity contribution in [3.8, 4) is 11.5 Å². The maximum absolute atomic E-state index is 12.2. The fourth-order valence-corrected chi connectivity index (χ4v) is 1.82. The highest BCUT2D eigenvalue weighted by Crippen LogP contribution is 2.29. The molecule has 0 N–H and O–H groups in total. The molecular weight excluding hydrogens is 298 g/mol. The Labute approximate surface area is 125 Å². The van der Waals surface area contributed by atoms with Crippen LogP contribution in [0.1, 0.15) is 21.7 Å². The third-order valence-electron chi connectivity index (χ3n) is 2.89. The van der Waals surface area contributed by atoms with Crippen molar-refractivity contribution < 1.29 is 32.2 Å². The fourth-order valence-electron chi connectivity index (χ4n) is 1.82. The number of hydrogen-bond donors (Lipinski definition) is 0. The molecule has 0 bridgehead atoms. The lowest BCUT2D eigenvalue weighted by atomic mass is 10.2. The van der Waals surface area contributed by atoms with Gasteiger partial charge in [0.25, 0.3) is 0 Å². The van der Waals surface area contributed by atoms with Gasteiger partial charge in [-0.25, -0.2) is 4.79 Å². The average molecular weight is 312 g/mol. The van der Waals surface area contributed by atoms with Crippen LogP contribution in [-0.2, 0) is 11.3 Å². The molecule has 22 heavy (non-hydrogen) atoms. The Morgan fingerprint density at radius 2 is 2.05 bits per heavy atom. The van der Waals surface area contributed by atoms with Crippen molar-refractivity contribution in [2.24, 2.45) is 0 Å². The molecule has 0 spiro atoms. The summed E-state index contributed by atoms with van der Waals surface area (Å²) in [5.74, 6) is -0.0204. The van der Waals surface area contributed by atoms with Gasteiger partial charge in [0.2, 0.25) is 0 Å². The Balaban J connectivity index is 2.04. The van der Waals surface area contributed by atoms with Gasteiger partial charge in [0.05, 0.1) is 13.4 Å². The Bertz CT molecular complexity index is 651. The Morgan fingerprint density at radius 1 is 1.27 bits per heavy atom. The van der Waals surface area contributed by atoms with Crippen LogP contribution in [0, 0.1) is 6.92 Å². The van der Waals surface area contributed by atoms with Crippen molar-refractivity contribution in [1.29, 1.82) is 0 Å². The van der Waals surface area contributed by atoms with Crippen LogP contribution in [0.15, 0.2) is 34.9 Å². The molecule has 7 heteroatoms. The van der Waals surface area contributed by atoms with Gasteiger partial charge in [-0.2, -0.15) is 8.78 Å². The molecular formula is C15H14F2O5. The van der Waals surface area contributed by atoms with Crippen molar-refractivity contribution in [1.82, 2.24) is 0 Å². The van der Waals surface area contributed by atoms with Crippen molar-refractivity contribution in [2.45, 2.75) is 20.1 Å². The lowest BCUT2D eigenvalue weighted by Crippen LogP contribution is -2.06. The number of aryl methyl sites for hydroxylation is 1. The standard InChI is InChI=1S/C15H14F2O5/c1-9-11(5-6-20-9)14(18)21-8-10-3-4-12(22-15(16)17)13(7-10)19-2/h3-7,15H,8H2,1-2H3. The van der Waals surface area contributed by atoms with Crippen LogP contribution < -0.4 is 9.47 Å². The zero-order valence-electron chi connectivity index (χ0n) is 12.0. The van der Waals surface area contributed by atoms with Gasteiger partial charge in [-0.1, -0.05) is 6.07 Å². The normalized spacial score (nSPS) is 10.6. The molecule has 0 unspecified atom stereocenters. The maximum atomic E-state index is 12.2. The van der Waals surface area contributed by atoms with Crippen molar-refractivity contribution in [3.63, 3.8) is 0 Å². The number of halogens is 2. The van der Waals surface area contributed by atoms with E-state index in [2.05, 4.69) is 4.74 Å². The van der Waals surface area contributed by atoms with Gasteiger partial charge in [0.1, 0.15) is 17.9 Å². The zero-order chi connectivity index (χ0) is 16.1. The molecule has 2 aromatic rings. The summed E-state index contributed by atoms with van der Waals surface area (Å²) in [4.78, 5) is 11.8. The number of rotatable bonds is 6. The van der Waals surface area contributed by atoms with Crippen LogP contribution in [0.5, 0.6) is 11.5 Å². The number of furan rings is 1. The van der Waals surface area contributed by atoms with E-state index in [0.717, 1.165) is 0 Å². The van der Waals surface area contributed by atoms with Gasteiger partial charge in [-0.05, 0) is 30.7 Å². The molecule has 0 aliphatic heterocycles. The number of benzene rings is 1. The van der Waals surface area contributed by atoms with Crippen LogP contribution in [0.4, 0.5) is 8.78 Å². The van der Waals surface area contributed by atoms with E-state index < -0.39 is 12.6 Å². The van der Waals surface area contributed by atoms with Crippen molar-refractivity contribution in [2.75, 3.05) is 7.11 Å².